The van der Waals surface area contributed by atoms with Crippen molar-refractivity contribution < 1.29 is 4.74 Å². The molecule has 0 saturated heterocycles. The number of ether oxygens (including phenoxy) is 1. The second-order valence-electron chi connectivity index (χ2n) is 2.18. The molecule has 4 nitrogen and oxygen atoms in total. The molecule has 0 fully saturated rings. The van der Waals surface area contributed by atoms with Gasteiger partial charge in [0.25, 0.3) is 5.88 Å². The molecule has 12 heavy (non-hydrogen) atoms. The molecule has 0 unspecified atom stereocenters. The largest absolute Gasteiger partial charge is 0.475 e. The van der Waals surface area contributed by atoms with Crippen molar-refractivity contribution >= 4 is 18.1 Å². The highest BCUT2D eigenvalue weighted by Crippen LogP contribution is 2.17. The average Bonchev–Trinajstić information content (AvgIpc) is 2.33. The summed E-state index contributed by atoms with van der Waals surface area (Å²) in [6, 6.07) is 0. The van der Waals surface area contributed by atoms with Gasteiger partial charge in [0.1, 0.15) is 5.69 Å². The van der Waals surface area contributed by atoms with E-state index in [0.29, 0.717) is 18.2 Å². The van der Waals surface area contributed by atoms with Crippen LogP contribution in [0.15, 0.2) is 6.20 Å². The molecule has 5 heteroatoms. The Balaban J connectivity index is 0.00000121. The third-order valence-corrected chi connectivity index (χ3v) is 1.36. The van der Waals surface area contributed by atoms with Gasteiger partial charge < -0.3 is 10.5 Å². The molecule has 0 amide bonds. The van der Waals surface area contributed by atoms with Crippen molar-refractivity contribution in [3.8, 4) is 5.88 Å². The van der Waals surface area contributed by atoms with E-state index in [1.54, 1.807) is 10.9 Å². The Labute approximate surface area is 78.1 Å². The lowest BCUT2D eigenvalue weighted by Crippen LogP contribution is -1.97. The number of anilines is 1. The van der Waals surface area contributed by atoms with E-state index in [1.807, 2.05) is 13.8 Å². The fourth-order valence-electron chi connectivity index (χ4n) is 0.830. The summed E-state index contributed by atoms with van der Waals surface area (Å²) >= 11 is 0. The van der Waals surface area contributed by atoms with Crippen LogP contribution in [0.5, 0.6) is 5.88 Å². The molecule has 0 radical (unpaired) electrons. The maximum atomic E-state index is 5.59. The first-order valence-corrected chi connectivity index (χ1v) is 3.73. The number of hydrogen-bond acceptors (Lipinski definition) is 3. The summed E-state index contributed by atoms with van der Waals surface area (Å²) < 4.78 is 6.91. The lowest BCUT2D eigenvalue weighted by Gasteiger charge is -1.96. The van der Waals surface area contributed by atoms with Crippen LogP contribution in [0.25, 0.3) is 0 Å². The van der Waals surface area contributed by atoms with E-state index in [1.165, 1.54) is 0 Å². The van der Waals surface area contributed by atoms with E-state index in [2.05, 4.69) is 5.10 Å². The zero-order valence-electron chi connectivity index (χ0n) is 7.28. The van der Waals surface area contributed by atoms with Gasteiger partial charge >= 0.3 is 0 Å². The summed E-state index contributed by atoms with van der Waals surface area (Å²) in [5.41, 5.74) is 6.20. The van der Waals surface area contributed by atoms with Crippen molar-refractivity contribution in [2.45, 2.75) is 20.4 Å². The van der Waals surface area contributed by atoms with Crippen LogP contribution in [-0.2, 0) is 6.54 Å². The van der Waals surface area contributed by atoms with Gasteiger partial charge in [-0.25, -0.2) is 0 Å². The van der Waals surface area contributed by atoms with E-state index >= 15 is 0 Å². The van der Waals surface area contributed by atoms with Crippen LogP contribution in [0.4, 0.5) is 5.69 Å². The Morgan fingerprint density at radius 3 is 2.67 bits per heavy atom. The van der Waals surface area contributed by atoms with Crippen LogP contribution >= 0.6 is 12.4 Å². The Hall–Kier alpha value is -0.900. The second-order valence-corrected chi connectivity index (χ2v) is 2.18. The highest BCUT2D eigenvalue weighted by molar-refractivity contribution is 5.85. The van der Waals surface area contributed by atoms with E-state index in [-0.39, 0.29) is 12.4 Å². The number of nitrogens with zero attached hydrogens (tertiary/aromatic N) is 2. The smallest absolute Gasteiger partial charge is 0.256 e. The number of rotatable bonds is 3. The van der Waals surface area contributed by atoms with Crippen LogP contribution in [0, 0.1) is 0 Å². The van der Waals surface area contributed by atoms with Crippen LogP contribution < -0.4 is 10.5 Å². The van der Waals surface area contributed by atoms with Crippen molar-refractivity contribution in [2.75, 3.05) is 12.3 Å². The quantitative estimate of drug-likeness (QED) is 0.784. The maximum Gasteiger partial charge on any atom is 0.256 e. The normalized spacial score (nSPS) is 9.17. The average molecular weight is 192 g/mol. The summed E-state index contributed by atoms with van der Waals surface area (Å²) in [5, 5.41) is 4.09. The number of aromatic nitrogens is 2. The maximum absolute atomic E-state index is 5.59. The van der Waals surface area contributed by atoms with Crippen molar-refractivity contribution in [1.29, 1.82) is 0 Å². The number of nitrogens with two attached hydrogens (primary N) is 1. The van der Waals surface area contributed by atoms with Gasteiger partial charge in [-0.2, -0.15) is 0 Å². The Kier molecular flexibility index (Phi) is 4.51. The van der Waals surface area contributed by atoms with Crippen LogP contribution in [0.1, 0.15) is 13.8 Å². The van der Waals surface area contributed by atoms with Gasteiger partial charge in [0.15, 0.2) is 0 Å². The molecule has 0 saturated carbocycles. The Morgan fingerprint density at radius 2 is 2.25 bits per heavy atom. The molecule has 2 N–H and O–H groups in total. The Morgan fingerprint density at radius 1 is 1.58 bits per heavy atom. The molecule has 1 aromatic heterocycles. The number of hydrogen-bond donors (Lipinski definition) is 1. The van der Waals surface area contributed by atoms with Gasteiger partial charge in [-0.3, -0.25) is 4.68 Å². The standard InChI is InChI=1S/C7H13N3O.ClH/c1-3-10-5-6(8)7(9-10)11-4-2;/h5H,3-4,8H2,1-2H3;1H. The number of halogens is 1. The van der Waals surface area contributed by atoms with E-state index in [4.69, 9.17) is 10.5 Å². The lowest BCUT2D eigenvalue weighted by atomic mass is 10.6. The third-order valence-electron chi connectivity index (χ3n) is 1.36. The monoisotopic (exact) mass is 191 g/mol. The fraction of sp³-hybridized carbons (Fsp3) is 0.571. The molecule has 70 valence electrons. The predicted octanol–water partition coefficient (Wildman–Crippen LogP) is 1.31. The van der Waals surface area contributed by atoms with Gasteiger partial charge in [-0.15, -0.1) is 17.5 Å². The van der Waals surface area contributed by atoms with E-state index < -0.39 is 0 Å². The predicted molar refractivity (Wildman–Crippen MR) is 50.7 cm³/mol. The minimum Gasteiger partial charge on any atom is -0.475 e. The number of aryl methyl sites for hydroxylation is 1. The topological polar surface area (TPSA) is 53.1 Å². The summed E-state index contributed by atoms with van der Waals surface area (Å²) in [6.45, 7) is 5.33. The van der Waals surface area contributed by atoms with Gasteiger partial charge in [0.05, 0.1) is 12.8 Å². The SMILES string of the molecule is CCOc1nn(CC)cc1N.Cl. The molecule has 0 aromatic carbocycles. The highest BCUT2D eigenvalue weighted by atomic mass is 35.5. The minimum atomic E-state index is 0. The third kappa shape index (κ3) is 2.30. The Bertz CT molecular complexity index is 237. The molecule has 0 aliphatic heterocycles. The van der Waals surface area contributed by atoms with Crippen molar-refractivity contribution in [2.24, 2.45) is 0 Å². The number of nitrogen functional groups attached to an aromatic ring is 1. The lowest BCUT2D eigenvalue weighted by molar-refractivity contribution is 0.323. The summed E-state index contributed by atoms with van der Waals surface area (Å²) in [5.74, 6) is 0.536. The zero-order chi connectivity index (χ0) is 8.27. The van der Waals surface area contributed by atoms with Crippen LogP contribution in [0.2, 0.25) is 0 Å². The summed E-state index contributed by atoms with van der Waals surface area (Å²) in [6.07, 6.45) is 1.77. The second kappa shape index (κ2) is 4.87. The molecular weight excluding hydrogens is 178 g/mol. The molecule has 1 aromatic rings. The van der Waals surface area contributed by atoms with Gasteiger partial charge in [-0.05, 0) is 13.8 Å². The first-order chi connectivity index (χ1) is 5.27. The molecule has 0 aliphatic rings. The van der Waals surface area contributed by atoms with Crippen LogP contribution in [-0.4, -0.2) is 16.4 Å². The van der Waals surface area contributed by atoms with Gasteiger partial charge in [0.2, 0.25) is 0 Å². The molecular formula is C7H14ClN3O. The fourth-order valence-corrected chi connectivity index (χ4v) is 0.830. The zero-order valence-corrected chi connectivity index (χ0v) is 8.10. The molecule has 0 aliphatic carbocycles. The van der Waals surface area contributed by atoms with E-state index in [9.17, 15) is 0 Å². The van der Waals surface area contributed by atoms with Gasteiger partial charge in [-0.1, -0.05) is 0 Å². The van der Waals surface area contributed by atoms with Gasteiger partial charge in [0, 0.05) is 6.54 Å². The molecule has 1 rings (SSSR count). The first-order valence-electron chi connectivity index (χ1n) is 3.73. The van der Waals surface area contributed by atoms with Crippen molar-refractivity contribution in [1.82, 2.24) is 9.78 Å². The summed E-state index contributed by atoms with van der Waals surface area (Å²) in [4.78, 5) is 0. The highest BCUT2D eigenvalue weighted by Gasteiger charge is 2.03. The van der Waals surface area contributed by atoms with E-state index in [0.717, 1.165) is 6.54 Å². The molecule has 0 atom stereocenters. The summed E-state index contributed by atoms with van der Waals surface area (Å²) in [7, 11) is 0. The molecule has 0 bridgehead atoms. The minimum absolute atomic E-state index is 0. The molecule has 0 spiro atoms. The van der Waals surface area contributed by atoms with Crippen LogP contribution in [0.3, 0.4) is 0 Å². The first kappa shape index (κ1) is 11.1. The van der Waals surface area contributed by atoms with Crippen molar-refractivity contribution in [3.05, 3.63) is 6.20 Å². The molecule has 1 heterocycles. The van der Waals surface area contributed by atoms with Crippen molar-refractivity contribution in [3.63, 3.8) is 0 Å².